The molecule has 0 radical (unpaired) electrons. The fraction of sp³-hybridized carbons (Fsp3) is 0.217. The number of benzene rings is 2. The van der Waals surface area contributed by atoms with Crippen LogP contribution in [0.4, 0.5) is 5.69 Å². The average Bonchev–Trinajstić information content (AvgIpc) is 2.82. The zero-order valence-corrected chi connectivity index (χ0v) is 18.2. The zero-order chi connectivity index (χ0) is 23.5. The Morgan fingerprint density at radius 1 is 1.09 bits per heavy atom. The molecular weight excluding hydrogens is 444 g/mol. The van der Waals surface area contributed by atoms with Gasteiger partial charge in [-0.3, -0.25) is 19.3 Å². The van der Waals surface area contributed by atoms with Crippen molar-refractivity contribution in [3.05, 3.63) is 77.5 Å². The van der Waals surface area contributed by atoms with Gasteiger partial charge in [-0.05, 0) is 23.3 Å². The van der Waals surface area contributed by atoms with Gasteiger partial charge in [-0.2, -0.15) is 0 Å². The van der Waals surface area contributed by atoms with Gasteiger partial charge in [0.15, 0.2) is 0 Å². The number of nitrogens with two attached hydrogens (primary N) is 1. The molecule has 1 fully saturated rings. The van der Waals surface area contributed by atoms with Crippen LogP contribution < -0.4 is 16.4 Å². The van der Waals surface area contributed by atoms with Crippen LogP contribution in [0.2, 0.25) is 0 Å². The molecule has 0 aliphatic carbocycles. The molecule has 33 heavy (non-hydrogen) atoms. The van der Waals surface area contributed by atoms with Crippen LogP contribution in [0.5, 0.6) is 0 Å². The highest BCUT2D eigenvalue weighted by atomic mass is 32.2. The Balaban J connectivity index is 1.45. The molecule has 0 bridgehead atoms. The molecule has 3 atom stereocenters. The van der Waals surface area contributed by atoms with Crippen LogP contribution in [0, 0.1) is 0 Å². The Kier molecular flexibility index (Phi) is 6.47. The fourth-order valence-corrected chi connectivity index (χ4v) is 5.14. The maximum absolute atomic E-state index is 12.8. The van der Waals surface area contributed by atoms with Crippen LogP contribution >= 0.6 is 11.8 Å². The van der Waals surface area contributed by atoms with E-state index in [4.69, 9.17) is 5.73 Å². The summed E-state index contributed by atoms with van der Waals surface area (Å²) in [7, 11) is 0. The Bertz CT molecular complexity index is 1120. The number of β-lactam (4-membered cyclic amide) rings is 1. The van der Waals surface area contributed by atoms with E-state index in [2.05, 4.69) is 10.6 Å². The molecule has 2 aliphatic rings. The third kappa shape index (κ3) is 4.62. The molecule has 9 nitrogen and oxygen atoms in total. The van der Waals surface area contributed by atoms with Crippen molar-refractivity contribution in [3.8, 4) is 0 Å². The second kappa shape index (κ2) is 9.47. The number of hydrogen-bond donors (Lipinski definition) is 4. The molecule has 0 aromatic heterocycles. The van der Waals surface area contributed by atoms with E-state index < -0.39 is 35.2 Å². The predicted octanol–water partition coefficient (Wildman–Crippen LogP) is 1.45. The number of carbonyl (C=O) groups excluding carboxylic acids is 3. The SMILES string of the molecule is N[C@@H](C(=O)N[C@@H]1C(=O)N2C(C(=O)O)=C(CC(=O)Nc3ccccc3)CS[C@H]12)c1ccccc1. The van der Waals surface area contributed by atoms with E-state index in [1.165, 1.54) is 11.8 Å². The van der Waals surface area contributed by atoms with E-state index in [1.54, 1.807) is 54.6 Å². The number of hydrogen-bond acceptors (Lipinski definition) is 6. The smallest absolute Gasteiger partial charge is 0.352 e. The Hall–Kier alpha value is -3.63. The van der Waals surface area contributed by atoms with Gasteiger partial charge in [-0.1, -0.05) is 48.5 Å². The summed E-state index contributed by atoms with van der Waals surface area (Å²) in [6.45, 7) is 0. The number of para-hydroxylation sites is 1. The van der Waals surface area contributed by atoms with Gasteiger partial charge in [0.2, 0.25) is 11.8 Å². The molecule has 0 unspecified atom stereocenters. The first kappa shape index (κ1) is 22.6. The molecule has 3 amide bonds. The minimum absolute atomic E-state index is 0.157. The standard InChI is InChI=1S/C23H22N4O5S/c24-17(13-7-3-1-4-8-13)20(29)26-18-21(30)27-19(23(31)32)14(12-33-22(18)27)11-16(28)25-15-9-5-2-6-10-15/h1-10,17-18,22H,11-12,24H2,(H,25,28)(H,26,29)(H,31,32)/t17-,18-,22-/m1/s1. The third-order valence-electron chi connectivity index (χ3n) is 5.42. The van der Waals surface area contributed by atoms with Gasteiger partial charge < -0.3 is 21.5 Å². The summed E-state index contributed by atoms with van der Waals surface area (Å²) in [4.78, 5) is 50.9. The first-order valence-corrected chi connectivity index (χ1v) is 11.3. The lowest BCUT2D eigenvalue weighted by Gasteiger charge is -2.49. The lowest BCUT2D eigenvalue weighted by molar-refractivity contribution is -0.150. The van der Waals surface area contributed by atoms with E-state index >= 15 is 0 Å². The van der Waals surface area contributed by atoms with Gasteiger partial charge in [-0.25, -0.2) is 4.79 Å². The number of carboxylic acids is 1. The highest BCUT2D eigenvalue weighted by Gasteiger charge is 2.54. The molecule has 2 aromatic carbocycles. The van der Waals surface area contributed by atoms with E-state index in [0.29, 0.717) is 16.8 Å². The largest absolute Gasteiger partial charge is 0.477 e. The summed E-state index contributed by atoms with van der Waals surface area (Å²) in [6, 6.07) is 15.7. The first-order valence-electron chi connectivity index (χ1n) is 10.2. The summed E-state index contributed by atoms with van der Waals surface area (Å²) in [6.07, 6.45) is -0.157. The van der Waals surface area contributed by atoms with Crippen molar-refractivity contribution in [1.82, 2.24) is 10.2 Å². The van der Waals surface area contributed by atoms with Crippen molar-refractivity contribution < 1.29 is 24.3 Å². The lowest BCUT2D eigenvalue weighted by Crippen LogP contribution is -2.71. The number of aliphatic carboxylic acids is 1. The number of nitrogens with one attached hydrogen (secondary N) is 2. The van der Waals surface area contributed by atoms with E-state index in [9.17, 15) is 24.3 Å². The molecule has 0 spiro atoms. The zero-order valence-electron chi connectivity index (χ0n) is 17.4. The molecule has 10 heteroatoms. The summed E-state index contributed by atoms with van der Waals surface area (Å²) in [5.41, 5.74) is 7.34. The monoisotopic (exact) mass is 466 g/mol. The molecule has 1 saturated heterocycles. The highest BCUT2D eigenvalue weighted by Crippen LogP contribution is 2.41. The van der Waals surface area contributed by atoms with Crippen LogP contribution in [0.3, 0.4) is 0 Å². The van der Waals surface area contributed by atoms with E-state index in [0.717, 1.165) is 4.90 Å². The van der Waals surface area contributed by atoms with Gasteiger partial charge in [0.05, 0.1) is 6.42 Å². The van der Waals surface area contributed by atoms with E-state index in [-0.39, 0.29) is 23.8 Å². The quantitative estimate of drug-likeness (QED) is 0.453. The second-order valence-corrected chi connectivity index (χ2v) is 8.74. The Morgan fingerprint density at radius 2 is 1.73 bits per heavy atom. The van der Waals surface area contributed by atoms with Gasteiger partial charge in [0.25, 0.3) is 5.91 Å². The maximum Gasteiger partial charge on any atom is 0.352 e. The number of nitrogens with zero attached hydrogens (tertiary/aromatic N) is 1. The fourth-order valence-electron chi connectivity index (χ4n) is 3.79. The number of fused-ring (bicyclic) bond motifs is 1. The van der Waals surface area contributed by atoms with Crippen LogP contribution in [0.25, 0.3) is 0 Å². The number of amides is 3. The minimum atomic E-state index is -1.29. The summed E-state index contributed by atoms with van der Waals surface area (Å²) in [5.74, 6) is -2.48. The average molecular weight is 467 g/mol. The van der Waals surface area contributed by atoms with Gasteiger partial charge in [0.1, 0.15) is 23.2 Å². The lowest BCUT2D eigenvalue weighted by atomic mass is 10.00. The van der Waals surface area contributed by atoms with Crippen LogP contribution in [-0.4, -0.2) is 50.9 Å². The predicted molar refractivity (Wildman–Crippen MR) is 123 cm³/mol. The number of carbonyl (C=O) groups is 4. The Morgan fingerprint density at radius 3 is 2.36 bits per heavy atom. The van der Waals surface area contributed by atoms with E-state index in [1.807, 2.05) is 6.07 Å². The van der Waals surface area contributed by atoms with Gasteiger partial charge in [0, 0.05) is 11.4 Å². The first-order chi connectivity index (χ1) is 15.9. The normalized spacial score (nSPS) is 20.4. The van der Waals surface area contributed by atoms with Gasteiger partial charge >= 0.3 is 5.97 Å². The second-order valence-electron chi connectivity index (χ2n) is 7.63. The molecule has 2 aromatic rings. The van der Waals surface area contributed by atoms with Crippen molar-refractivity contribution in [2.75, 3.05) is 11.1 Å². The van der Waals surface area contributed by atoms with Crippen molar-refractivity contribution >= 4 is 41.1 Å². The summed E-state index contributed by atoms with van der Waals surface area (Å²) < 4.78 is 0. The van der Waals surface area contributed by atoms with Gasteiger partial charge in [-0.15, -0.1) is 11.8 Å². The van der Waals surface area contributed by atoms with Crippen LogP contribution in [-0.2, 0) is 19.2 Å². The maximum atomic E-state index is 12.8. The molecule has 170 valence electrons. The van der Waals surface area contributed by atoms with Crippen LogP contribution in [0.1, 0.15) is 18.0 Å². The third-order valence-corrected chi connectivity index (χ3v) is 6.76. The number of carboxylic acid groups (broad SMARTS) is 1. The van der Waals surface area contributed by atoms with Crippen molar-refractivity contribution in [2.24, 2.45) is 5.73 Å². The topological polar surface area (TPSA) is 142 Å². The molecule has 4 rings (SSSR count). The number of thioether (sulfide) groups is 1. The molecular formula is C23H22N4O5S. The van der Waals surface area contributed by atoms with Crippen molar-refractivity contribution in [2.45, 2.75) is 23.9 Å². The minimum Gasteiger partial charge on any atom is -0.477 e. The molecule has 2 aliphatic heterocycles. The number of rotatable bonds is 7. The highest BCUT2D eigenvalue weighted by molar-refractivity contribution is 8.00. The Labute approximate surface area is 194 Å². The van der Waals surface area contributed by atoms with Crippen molar-refractivity contribution in [1.29, 1.82) is 0 Å². The number of anilines is 1. The summed E-state index contributed by atoms with van der Waals surface area (Å²) in [5, 5.41) is 14.5. The summed E-state index contributed by atoms with van der Waals surface area (Å²) >= 11 is 1.30. The van der Waals surface area contributed by atoms with Crippen molar-refractivity contribution in [3.63, 3.8) is 0 Å². The molecule has 0 saturated carbocycles. The molecule has 5 N–H and O–H groups in total. The molecule has 2 heterocycles. The van der Waals surface area contributed by atoms with Crippen LogP contribution in [0.15, 0.2) is 71.9 Å².